The summed E-state index contributed by atoms with van der Waals surface area (Å²) in [4.78, 5) is 1.44. The van der Waals surface area contributed by atoms with Crippen LogP contribution in [0.2, 0.25) is 0 Å². The van der Waals surface area contributed by atoms with Gasteiger partial charge in [-0.15, -0.1) is 11.8 Å². The minimum atomic E-state index is 0.644. The zero-order valence-electron chi connectivity index (χ0n) is 9.90. The van der Waals surface area contributed by atoms with E-state index in [1.807, 2.05) is 11.8 Å². The van der Waals surface area contributed by atoms with Crippen molar-refractivity contribution in [3.63, 3.8) is 0 Å². The number of benzene rings is 2. The number of anilines is 1. The molecule has 18 heavy (non-hydrogen) atoms. The van der Waals surface area contributed by atoms with Crippen LogP contribution >= 0.6 is 27.7 Å². The van der Waals surface area contributed by atoms with E-state index in [1.165, 1.54) is 22.6 Å². The fourth-order valence-electron chi connectivity index (χ4n) is 2.17. The molecule has 0 aliphatic carbocycles. The molecule has 0 aromatic heterocycles. The molecule has 0 amide bonds. The summed E-state index contributed by atoms with van der Waals surface area (Å²) in [5, 5.41) is 4.15. The predicted octanol–water partition coefficient (Wildman–Crippen LogP) is 4.58. The van der Waals surface area contributed by atoms with Gasteiger partial charge in [0, 0.05) is 26.9 Å². The number of rotatable bonds is 3. The number of nitrogens with one attached hydrogen (secondary N) is 1. The second-order valence-corrected chi connectivity index (χ2v) is 6.70. The van der Waals surface area contributed by atoms with Crippen LogP contribution in [0.1, 0.15) is 5.56 Å². The lowest BCUT2D eigenvalue weighted by Crippen LogP contribution is -2.15. The van der Waals surface area contributed by atoms with Crippen molar-refractivity contribution in [2.24, 2.45) is 0 Å². The molecule has 1 heterocycles. The van der Waals surface area contributed by atoms with Crippen molar-refractivity contribution in [2.45, 2.75) is 16.6 Å². The van der Waals surface area contributed by atoms with Gasteiger partial charge in [0.25, 0.3) is 0 Å². The topological polar surface area (TPSA) is 12.0 Å². The lowest BCUT2D eigenvalue weighted by atomic mass is 10.1. The molecule has 1 N–H and O–H groups in total. The van der Waals surface area contributed by atoms with Gasteiger partial charge < -0.3 is 5.32 Å². The normalized spacial score (nSPS) is 17.5. The molecule has 2 aromatic rings. The summed E-state index contributed by atoms with van der Waals surface area (Å²) in [5.41, 5.74) is 2.68. The van der Waals surface area contributed by atoms with Crippen LogP contribution in [0.25, 0.3) is 0 Å². The largest absolute Gasteiger partial charge is 0.384 e. The summed E-state index contributed by atoms with van der Waals surface area (Å²) in [7, 11) is 0. The van der Waals surface area contributed by atoms with Crippen molar-refractivity contribution in [1.29, 1.82) is 0 Å². The molecule has 2 aromatic carbocycles. The first-order chi connectivity index (χ1) is 8.81. The van der Waals surface area contributed by atoms with Crippen LogP contribution in [0.3, 0.4) is 0 Å². The van der Waals surface area contributed by atoms with Gasteiger partial charge in [0.05, 0.1) is 0 Å². The minimum Gasteiger partial charge on any atom is -0.384 e. The molecule has 1 aliphatic heterocycles. The maximum Gasteiger partial charge on any atom is 0.0341 e. The summed E-state index contributed by atoms with van der Waals surface area (Å²) < 4.78 is 1.12. The van der Waals surface area contributed by atoms with E-state index in [4.69, 9.17) is 0 Å². The van der Waals surface area contributed by atoms with Crippen LogP contribution < -0.4 is 5.32 Å². The quantitative estimate of drug-likeness (QED) is 0.888. The fourth-order valence-corrected chi connectivity index (χ4v) is 3.68. The third-order valence-corrected chi connectivity index (χ3v) is 4.94. The molecule has 0 saturated carbocycles. The van der Waals surface area contributed by atoms with Crippen LogP contribution in [0.4, 0.5) is 5.69 Å². The van der Waals surface area contributed by atoms with E-state index in [2.05, 4.69) is 69.8 Å². The highest BCUT2D eigenvalue weighted by molar-refractivity contribution is 9.10. The molecule has 0 radical (unpaired) electrons. The third-order valence-electron chi connectivity index (χ3n) is 3.09. The lowest BCUT2D eigenvalue weighted by molar-refractivity contribution is 0.899. The van der Waals surface area contributed by atoms with Gasteiger partial charge in [-0.05, 0) is 42.3 Å². The van der Waals surface area contributed by atoms with E-state index in [1.54, 1.807) is 0 Å². The summed E-state index contributed by atoms with van der Waals surface area (Å²) >= 11 is 5.44. The van der Waals surface area contributed by atoms with Gasteiger partial charge in [0.15, 0.2) is 0 Å². The van der Waals surface area contributed by atoms with Crippen LogP contribution in [0, 0.1) is 0 Å². The van der Waals surface area contributed by atoms with Crippen molar-refractivity contribution in [3.05, 3.63) is 58.6 Å². The molecule has 1 nitrogen and oxygen atoms in total. The van der Waals surface area contributed by atoms with Crippen LogP contribution in [-0.4, -0.2) is 11.8 Å². The fraction of sp³-hybridized carbons (Fsp3) is 0.200. The third kappa shape index (κ3) is 2.73. The zero-order chi connectivity index (χ0) is 12.4. The summed E-state index contributed by atoms with van der Waals surface area (Å²) in [6.45, 7) is 1.01. The van der Waals surface area contributed by atoms with Gasteiger partial charge >= 0.3 is 0 Å². The number of hydrogen-bond acceptors (Lipinski definition) is 2. The maximum atomic E-state index is 3.51. The number of halogens is 1. The molecule has 0 fully saturated rings. The monoisotopic (exact) mass is 319 g/mol. The smallest absolute Gasteiger partial charge is 0.0341 e. The van der Waals surface area contributed by atoms with Gasteiger partial charge in [-0.1, -0.05) is 34.1 Å². The Hall–Kier alpha value is -0.930. The summed E-state index contributed by atoms with van der Waals surface area (Å²) in [6, 6.07) is 17.1. The average molecular weight is 320 g/mol. The Morgan fingerprint density at radius 1 is 1.11 bits per heavy atom. The Labute approximate surface area is 120 Å². The average Bonchev–Trinajstić information content (AvgIpc) is 2.81. The molecule has 3 rings (SSSR count). The van der Waals surface area contributed by atoms with E-state index >= 15 is 0 Å². The second kappa shape index (κ2) is 5.37. The molecule has 0 spiro atoms. The summed E-state index contributed by atoms with van der Waals surface area (Å²) in [5.74, 6) is 0. The molecule has 3 heteroatoms. The molecule has 1 unspecified atom stereocenters. The first-order valence-electron chi connectivity index (χ1n) is 6.05. The first kappa shape index (κ1) is 12.1. The predicted molar refractivity (Wildman–Crippen MR) is 82.4 cm³/mol. The van der Waals surface area contributed by atoms with Gasteiger partial charge in [-0.25, -0.2) is 0 Å². The Balaban J connectivity index is 1.58. The van der Waals surface area contributed by atoms with Crippen LogP contribution in [0.5, 0.6) is 0 Å². The lowest BCUT2D eigenvalue weighted by Gasteiger charge is -2.11. The van der Waals surface area contributed by atoms with E-state index in [0.717, 1.165) is 11.0 Å². The maximum absolute atomic E-state index is 3.51. The standard InChI is InChI=1S/C15H14BrNS/c16-12-5-7-13(8-6-12)17-10-14-9-11-3-1-2-4-15(11)18-14/h1-8,14,17H,9-10H2. The Morgan fingerprint density at radius 3 is 2.67 bits per heavy atom. The number of fused-ring (bicyclic) bond motifs is 1. The SMILES string of the molecule is Brc1ccc(NCC2Cc3ccccc3S2)cc1. The van der Waals surface area contributed by atoms with E-state index in [0.29, 0.717) is 5.25 Å². The zero-order valence-corrected chi connectivity index (χ0v) is 12.3. The van der Waals surface area contributed by atoms with Crippen molar-refractivity contribution in [3.8, 4) is 0 Å². The molecule has 0 bridgehead atoms. The van der Waals surface area contributed by atoms with Crippen molar-refractivity contribution >= 4 is 33.4 Å². The Bertz CT molecular complexity index is 513. The second-order valence-electron chi connectivity index (χ2n) is 4.44. The van der Waals surface area contributed by atoms with Crippen molar-refractivity contribution < 1.29 is 0 Å². The van der Waals surface area contributed by atoms with E-state index in [-0.39, 0.29) is 0 Å². The highest BCUT2D eigenvalue weighted by atomic mass is 79.9. The van der Waals surface area contributed by atoms with Gasteiger partial charge in [-0.2, -0.15) is 0 Å². The van der Waals surface area contributed by atoms with Crippen LogP contribution in [0.15, 0.2) is 57.9 Å². The summed E-state index contributed by atoms with van der Waals surface area (Å²) in [6.07, 6.45) is 1.17. The highest BCUT2D eigenvalue weighted by Crippen LogP contribution is 2.36. The van der Waals surface area contributed by atoms with Crippen molar-refractivity contribution in [2.75, 3.05) is 11.9 Å². The van der Waals surface area contributed by atoms with Crippen LogP contribution in [-0.2, 0) is 6.42 Å². The highest BCUT2D eigenvalue weighted by Gasteiger charge is 2.21. The Morgan fingerprint density at radius 2 is 1.89 bits per heavy atom. The van der Waals surface area contributed by atoms with E-state index in [9.17, 15) is 0 Å². The number of thioether (sulfide) groups is 1. The first-order valence-corrected chi connectivity index (χ1v) is 7.72. The van der Waals surface area contributed by atoms with Gasteiger partial charge in [0.2, 0.25) is 0 Å². The Kier molecular flexibility index (Phi) is 3.62. The van der Waals surface area contributed by atoms with Gasteiger partial charge in [0.1, 0.15) is 0 Å². The van der Waals surface area contributed by atoms with E-state index < -0.39 is 0 Å². The van der Waals surface area contributed by atoms with Crippen molar-refractivity contribution in [1.82, 2.24) is 0 Å². The molecule has 0 saturated heterocycles. The molecule has 1 atom stereocenters. The molecule has 92 valence electrons. The van der Waals surface area contributed by atoms with Gasteiger partial charge in [-0.3, -0.25) is 0 Å². The molecular weight excluding hydrogens is 306 g/mol. The number of hydrogen-bond donors (Lipinski definition) is 1. The molecule has 1 aliphatic rings. The molecular formula is C15H14BrNS. The minimum absolute atomic E-state index is 0.644.